The summed E-state index contributed by atoms with van der Waals surface area (Å²) in [7, 11) is 0. The van der Waals surface area contributed by atoms with Crippen LogP contribution in [0, 0.1) is 0 Å². The zero-order chi connectivity index (χ0) is 13.2. The minimum atomic E-state index is -0.253. The van der Waals surface area contributed by atoms with E-state index in [2.05, 4.69) is 11.9 Å². The van der Waals surface area contributed by atoms with Crippen LogP contribution in [0.4, 0.5) is 0 Å². The zero-order valence-corrected chi connectivity index (χ0v) is 10.6. The number of fused-ring (bicyclic) bond motifs is 1. The number of para-hydroxylation sites is 1. The van der Waals surface area contributed by atoms with Crippen LogP contribution in [0.2, 0.25) is 0 Å². The zero-order valence-electron chi connectivity index (χ0n) is 10.6. The molecular weight excluding hydrogens is 238 g/mol. The second kappa shape index (κ2) is 4.69. The molecule has 0 N–H and O–H groups in total. The fourth-order valence-corrected chi connectivity index (χ4v) is 2.02. The van der Waals surface area contributed by atoms with E-state index in [4.69, 9.17) is 4.42 Å². The van der Waals surface area contributed by atoms with Gasteiger partial charge in [-0.1, -0.05) is 31.2 Å². The molecule has 0 amide bonds. The predicted octanol–water partition coefficient (Wildman–Crippen LogP) is 3.42. The van der Waals surface area contributed by atoms with E-state index in [1.807, 2.05) is 30.3 Å². The van der Waals surface area contributed by atoms with Crippen molar-refractivity contribution in [3.63, 3.8) is 0 Å². The minimum absolute atomic E-state index is 0.253. The molecule has 0 bridgehead atoms. The van der Waals surface area contributed by atoms with Crippen LogP contribution in [0.5, 0.6) is 0 Å². The number of aryl methyl sites for hydroxylation is 1. The highest BCUT2D eigenvalue weighted by Crippen LogP contribution is 2.20. The maximum atomic E-state index is 11.9. The van der Waals surface area contributed by atoms with Crippen LogP contribution in [0.25, 0.3) is 22.4 Å². The van der Waals surface area contributed by atoms with Gasteiger partial charge in [-0.3, -0.25) is 4.79 Å². The fraction of sp³-hybridized carbons (Fsp3) is 0.125. The van der Waals surface area contributed by atoms with Crippen LogP contribution in [-0.4, -0.2) is 4.98 Å². The van der Waals surface area contributed by atoms with Gasteiger partial charge < -0.3 is 4.42 Å². The van der Waals surface area contributed by atoms with Crippen LogP contribution in [0.1, 0.15) is 12.5 Å². The van der Waals surface area contributed by atoms with Gasteiger partial charge in [0.05, 0.1) is 5.39 Å². The third-order valence-corrected chi connectivity index (χ3v) is 3.14. The van der Waals surface area contributed by atoms with E-state index >= 15 is 0 Å². The second-order valence-electron chi connectivity index (χ2n) is 4.37. The van der Waals surface area contributed by atoms with Crippen molar-refractivity contribution in [2.75, 3.05) is 0 Å². The maximum Gasteiger partial charge on any atom is 0.284 e. The van der Waals surface area contributed by atoms with E-state index in [1.54, 1.807) is 18.2 Å². The Morgan fingerprint density at radius 3 is 2.53 bits per heavy atom. The first-order valence-electron chi connectivity index (χ1n) is 6.27. The Labute approximate surface area is 110 Å². The third kappa shape index (κ3) is 2.15. The molecule has 0 saturated carbocycles. The van der Waals surface area contributed by atoms with E-state index < -0.39 is 0 Å². The Hall–Kier alpha value is -2.42. The molecule has 19 heavy (non-hydrogen) atoms. The third-order valence-electron chi connectivity index (χ3n) is 3.14. The van der Waals surface area contributed by atoms with Crippen molar-refractivity contribution in [1.82, 2.24) is 4.98 Å². The molecule has 0 atom stereocenters. The van der Waals surface area contributed by atoms with Crippen molar-refractivity contribution in [3.8, 4) is 11.5 Å². The lowest BCUT2D eigenvalue weighted by molar-refractivity contribution is 0.595. The molecule has 0 aliphatic heterocycles. The molecule has 1 heterocycles. The average molecular weight is 251 g/mol. The van der Waals surface area contributed by atoms with Crippen molar-refractivity contribution in [1.29, 1.82) is 0 Å². The molecule has 0 radical (unpaired) electrons. The van der Waals surface area contributed by atoms with Crippen LogP contribution in [0.3, 0.4) is 0 Å². The van der Waals surface area contributed by atoms with E-state index in [0.717, 1.165) is 12.0 Å². The van der Waals surface area contributed by atoms with Crippen molar-refractivity contribution in [2.24, 2.45) is 0 Å². The van der Waals surface area contributed by atoms with Gasteiger partial charge in [-0.2, -0.15) is 4.98 Å². The van der Waals surface area contributed by atoms with Gasteiger partial charge >= 0.3 is 0 Å². The topological polar surface area (TPSA) is 43.1 Å². The fourth-order valence-electron chi connectivity index (χ4n) is 2.02. The van der Waals surface area contributed by atoms with Gasteiger partial charge in [-0.05, 0) is 36.2 Å². The van der Waals surface area contributed by atoms with Gasteiger partial charge in [0.1, 0.15) is 5.58 Å². The number of rotatable bonds is 2. The van der Waals surface area contributed by atoms with E-state index in [0.29, 0.717) is 16.9 Å². The summed E-state index contributed by atoms with van der Waals surface area (Å²) in [6.45, 7) is 2.10. The summed E-state index contributed by atoms with van der Waals surface area (Å²) in [4.78, 5) is 15.9. The molecule has 1 aromatic heterocycles. The Morgan fingerprint density at radius 2 is 1.79 bits per heavy atom. The van der Waals surface area contributed by atoms with Gasteiger partial charge in [0, 0.05) is 5.56 Å². The normalized spacial score (nSPS) is 10.8. The minimum Gasteiger partial charge on any atom is -0.437 e. The van der Waals surface area contributed by atoms with Crippen LogP contribution >= 0.6 is 0 Å². The molecule has 94 valence electrons. The highest BCUT2D eigenvalue weighted by Gasteiger charge is 2.07. The molecule has 3 heteroatoms. The van der Waals surface area contributed by atoms with Gasteiger partial charge in [-0.15, -0.1) is 0 Å². The molecule has 0 saturated heterocycles. The van der Waals surface area contributed by atoms with Crippen molar-refractivity contribution in [2.45, 2.75) is 13.3 Å². The van der Waals surface area contributed by atoms with Crippen LogP contribution < -0.4 is 5.56 Å². The Balaban J connectivity index is 2.16. The summed E-state index contributed by atoms with van der Waals surface area (Å²) in [5, 5.41) is 0.511. The number of hydrogen-bond acceptors (Lipinski definition) is 3. The SMILES string of the molecule is CCc1ccc(-c2nc(=O)c3ccccc3o2)cc1. The first kappa shape index (κ1) is 11.7. The molecule has 0 fully saturated rings. The summed E-state index contributed by atoms with van der Waals surface area (Å²) < 4.78 is 5.69. The Bertz CT molecular complexity index is 773. The molecule has 0 aliphatic carbocycles. The average Bonchev–Trinajstić information content (AvgIpc) is 2.47. The molecule has 3 nitrogen and oxygen atoms in total. The molecule has 0 spiro atoms. The molecular formula is C16H13NO2. The van der Waals surface area contributed by atoms with Gasteiger partial charge in [0.25, 0.3) is 5.56 Å². The highest BCUT2D eigenvalue weighted by molar-refractivity contribution is 5.76. The number of benzene rings is 2. The van der Waals surface area contributed by atoms with Crippen LogP contribution in [-0.2, 0) is 6.42 Å². The molecule has 0 unspecified atom stereocenters. The summed E-state index contributed by atoms with van der Waals surface area (Å²) in [6, 6.07) is 15.0. The predicted molar refractivity (Wildman–Crippen MR) is 75.1 cm³/mol. The van der Waals surface area contributed by atoms with Crippen molar-refractivity contribution < 1.29 is 4.42 Å². The summed E-state index contributed by atoms with van der Waals surface area (Å²) >= 11 is 0. The molecule has 3 rings (SSSR count). The van der Waals surface area contributed by atoms with E-state index in [-0.39, 0.29) is 5.56 Å². The number of hydrogen-bond donors (Lipinski definition) is 0. The number of aromatic nitrogens is 1. The van der Waals surface area contributed by atoms with Crippen LogP contribution in [0.15, 0.2) is 57.7 Å². The summed E-state index contributed by atoms with van der Waals surface area (Å²) in [5.74, 6) is 0.367. The van der Waals surface area contributed by atoms with Crippen molar-refractivity contribution >= 4 is 11.0 Å². The summed E-state index contributed by atoms with van der Waals surface area (Å²) in [5.41, 5.74) is 2.38. The smallest absolute Gasteiger partial charge is 0.284 e. The standard InChI is InChI=1S/C16H13NO2/c1-2-11-7-9-12(10-8-11)16-17-15(18)13-5-3-4-6-14(13)19-16/h3-10H,2H2,1H3. The largest absolute Gasteiger partial charge is 0.437 e. The lowest BCUT2D eigenvalue weighted by Gasteiger charge is -2.02. The van der Waals surface area contributed by atoms with Crippen molar-refractivity contribution in [3.05, 3.63) is 64.4 Å². The molecule has 2 aromatic carbocycles. The molecule has 0 aliphatic rings. The lowest BCUT2D eigenvalue weighted by atomic mass is 10.1. The van der Waals surface area contributed by atoms with Gasteiger partial charge in [-0.25, -0.2) is 0 Å². The lowest BCUT2D eigenvalue weighted by Crippen LogP contribution is -2.06. The van der Waals surface area contributed by atoms with E-state index in [1.165, 1.54) is 5.56 Å². The maximum absolute atomic E-state index is 11.9. The quantitative estimate of drug-likeness (QED) is 0.701. The first-order chi connectivity index (χ1) is 9.28. The Morgan fingerprint density at radius 1 is 1.05 bits per heavy atom. The monoisotopic (exact) mass is 251 g/mol. The molecule has 3 aromatic rings. The Kier molecular flexibility index (Phi) is 2.88. The van der Waals surface area contributed by atoms with Gasteiger partial charge in [0.2, 0.25) is 5.89 Å². The van der Waals surface area contributed by atoms with Gasteiger partial charge in [0.15, 0.2) is 0 Å². The highest BCUT2D eigenvalue weighted by atomic mass is 16.3. The second-order valence-corrected chi connectivity index (χ2v) is 4.37. The van der Waals surface area contributed by atoms with E-state index in [9.17, 15) is 4.79 Å². The first-order valence-corrected chi connectivity index (χ1v) is 6.27. The summed E-state index contributed by atoms with van der Waals surface area (Å²) in [6.07, 6.45) is 0.982. The number of nitrogens with zero attached hydrogens (tertiary/aromatic N) is 1.